The Kier molecular flexibility index (Phi) is 5.17. The first-order chi connectivity index (χ1) is 9.09. The molecule has 0 aliphatic heterocycles. The minimum absolute atomic E-state index is 0.0193. The fourth-order valence-corrected chi connectivity index (χ4v) is 3.01. The lowest BCUT2D eigenvalue weighted by Gasteiger charge is -2.16. The van der Waals surface area contributed by atoms with Crippen molar-refractivity contribution < 1.29 is 21.6 Å². The second kappa shape index (κ2) is 6.11. The molecule has 114 valence electrons. The van der Waals surface area contributed by atoms with Crippen LogP contribution in [0.4, 0.5) is 13.2 Å². The maximum absolute atomic E-state index is 12.8. The third-order valence-electron chi connectivity index (χ3n) is 2.94. The number of rotatable bonds is 5. The van der Waals surface area contributed by atoms with Gasteiger partial charge in [0.05, 0.1) is 10.5 Å². The standard InChI is InChI=1S/C12H17F3N2O2S/c1-3-9(16)7-17-20(18,19)11-6-4-5-10(8(11)2)12(13,14)15/h4-6,9,17H,3,7,16H2,1-2H3. The summed E-state index contributed by atoms with van der Waals surface area (Å²) >= 11 is 0. The van der Waals surface area contributed by atoms with E-state index in [9.17, 15) is 21.6 Å². The van der Waals surface area contributed by atoms with E-state index in [0.29, 0.717) is 6.42 Å². The first-order valence-corrected chi connectivity index (χ1v) is 7.50. The molecule has 3 N–H and O–H groups in total. The Hall–Kier alpha value is -1.12. The van der Waals surface area contributed by atoms with Crippen molar-refractivity contribution >= 4 is 10.0 Å². The average molecular weight is 310 g/mol. The molecule has 0 saturated carbocycles. The molecular weight excluding hydrogens is 293 g/mol. The topological polar surface area (TPSA) is 72.2 Å². The van der Waals surface area contributed by atoms with E-state index in [0.717, 1.165) is 25.1 Å². The zero-order chi connectivity index (χ0) is 15.6. The van der Waals surface area contributed by atoms with E-state index < -0.39 is 21.8 Å². The minimum atomic E-state index is -4.59. The van der Waals surface area contributed by atoms with Crippen LogP contribution in [0, 0.1) is 6.92 Å². The summed E-state index contributed by atoms with van der Waals surface area (Å²) in [5.41, 5.74) is 4.31. The third kappa shape index (κ3) is 3.94. The summed E-state index contributed by atoms with van der Waals surface area (Å²) in [5, 5.41) is 0. The normalized spacial score (nSPS) is 14.3. The summed E-state index contributed by atoms with van der Waals surface area (Å²) in [7, 11) is -4.01. The van der Waals surface area contributed by atoms with Gasteiger partial charge in [0.25, 0.3) is 0 Å². The fourth-order valence-electron chi connectivity index (χ4n) is 1.65. The van der Waals surface area contributed by atoms with Crippen LogP contribution in [0.2, 0.25) is 0 Å². The maximum atomic E-state index is 12.8. The van der Waals surface area contributed by atoms with Gasteiger partial charge in [0, 0.05) is 12.6 Å². The first kappa shape index (κ1) is 16.9. The first-order valence-electron chi connectivity index (χ1n) is 6.01. The van der Waals surface area contributed by atoms with Gasteiger partial charge in [-0.25, -0.2) is 13.1 Å². The quantitative estimate of drug-likeness (QED) is 0.874. The van der Waals surface area contributed by atoms with Crippen molar-refractivity contribution in [1.82, 2.24) is 4.72 Å². The van der Waals surface area contributed by atoms with Gasteiger partial charge in [-0.1, -0.05) is 13.0 Å². The van der Waals surface area contributed by atoms with Crippen LogP contribution < -0.4 is 10.5 Å². The van der Waals surface area contributed by atoms with Gasteiger partial charge >= 0.3 is 6.18 Å². The van der Waals surface area contributed by atoms with Crippen LogP contribution >= 0.6 is 0 Å². The summed E-state index contributed by atoms with van der Waals surface area (Å²) < 4.78 is 64.5. The minimum Gasteiger partial charge on any atom is -0.327 e. The van der Waals surface area contributed by atoms with E-state index in [1.54, 1.807) is 6.92 Å². The van der Waals surface area contributed by atoms with Crippen LogP contribution in [-0.2, 0) is 16.2 Å². The average Bonchev–Trinajstić information content (AvgIpc) is 2.34. The van der Waals surface area contributed by atoms with Crippen molar-refractivity contribution in [3.05, 3.63) is 29.3 Å². The molecule has 0 amide bonds. The lowest BCUT2D eigenvalue weighted by Crippen LogP contribution is -2.37. The van der Waals surface area contributed by atoms with Crippen molar-refractivity contribution in [2.75, 3.05) is 6.54 Å². The van der Waals surface area contributed by atoms with Crippen LogP contribution in [0.5, 0.6) is 0 Å². The number of nitrogens with one attached hydrogen (secondary N) is 1. The van der Waals surface area contributed by atoms with E-state index in [1.807, 2.05) is 0 Å². The number of sulfonamides is 1. The molecule has 0 radical (unpaired) electrons. The molecule has 1 unspecified atom stereocenters. The van der Waals surface area contributed by atoms with Crippen molar-refractivity contribution in [2.45, 2.75) is 37.4 Å². The van der Waals surface area contributed by atoms with Crippen molar-refractivity contribution in [2.24, 2.45) is 5.73 Å². The summed E-state index contributed by atoms with van der Waals surface area (Å²) in [5.74, 6) is 0. The van der Waals surface area contributed by atoms with Gasteiger partial charge in [-0.2, -0.15) is 13.2 Å². The molecule has 1 aromatic carbocycles. The van der Waals surface area contributed by atoms with Gasteiger partial charge in [-0.15, -0.1) is 0 Å². The molecule has 0 fully saturated rings. The van der Waals surface area contributed by atoms with Gasteiger partial charge in [0.15, 0.2) is 0 Å². The van der Waals surface area contributed by atoms with Crippen LogP contribution in [0.15, 0.2) is 23.1 Å². The summed E-state index contributed by atoms with van der Waals surface area (Å²) in [6.45, 7) is 2.90. The molecule has 0 bridgehead atoms. The van der Waals surface area contributed by atoms with E-state index in [1.165, 1.54) is 0 Å². The molecule has 1 aromatic rings. The Labute approximate surface area is 116 Å². The van der Waals surface area contributed by atoms with Gasteiger partial charge in [-0.3, -0.25) is 0 Å². The predicted molar refractivity (Wildman–Crippen MR) is 69.6 cm³/mol. The SMILES string of the molecule is CCC(N)CNS(=O)(=O)c1cccc(C(F)(F)F)c1C. The lowest BCUT2D eigenvalue weighted by atomic mass is 10.1. The zero-order valence-electron chi connectivity index (χ0n) is 11.2. The molecule has 0 saturated heterocycles. The number of nitrogens with two attached hydrogens (primary N) is 1. The molecule has 0 heterocycles. The molecule has 0 aliphatic rings. The predicted octanol–water partition coefficient (Wildman–Crippen LogP) is 2.03. The van der Waals surface area contributed by atoms with E-state index in [2.05, 4.69) is 4.72 Å². The highest BCUT2D eigenvalue weighted by molar-refractivity contribution is 7.89. The molecule has 20 heavy (non-hydrogen) atoms. The molecule has 0 aromatic heterocycles. The van der Waals surface area contributed by atoms with Crippen LogP contribution in [-0.4, -0.2) is 21.0 Å². The van der Waals surface area contributed by atoms with E-state index in [-0.39, 0.29) is 23.0 Å². The highest BCUT2D eigenvalue weighted by atomic mass is 32.2. The van der Waals surface area contributed by atoms with Crippen molar-refractivity contribution in [1.29, 1.82) is 0 Å². The Balaban J connectivity index is 3.14. The second-order valence-corrected chi connectivity index (χ2v) is 6.18. The van der Waals surface area contributed by atoms with Crippen molar-refractivity contribution in [3.63, 3.8) is 0 Å². The number of alkyl halides is 3. The Bertz CT molecular complexity index is 571. The summed E-state index contributed by atoms with van der Waals surface area (Å²) in [4.78, 5) is -0.379. The molecule has 0 spiro atoms. The highest BCUT2D eigenvalue weighted by Crippen LogP contribution is 2.34. The number of hydrogen-bond acceptors (Lipinski definition) is 3. The molecule has 1 atom stereocenters. The van der Waals surface area contributed by atoms with Crippen LogP contribution in [0.25, 0.3) is 0 Å². The Morgan fingerprint density at radius 2 is 1.95 bits per heavy atom. The van der Waals surface area contributed by atoms with Gasteiger partial charge in [0.2, 0.25) is 10.0 Å². The molecular formula is C12H17F3N2O2S. The zero-order valence-corrected chi connectivity index (χ0v) is 12.0. The lowest BCUT2D eigenvalue weighted by molar-refractivity contribution is -0.138. The van der Waals surface area contributed by atoms with E-state index in [4.69, 9.17) is 5.73 Å². The largest absolute Gasteiger partial charge is 0.416 e. The highest BCUT2D eigenvalue weighted by Gasteiger charge is 2.34. The molecule has 4 nitrogen and oxygen atoms in total. The number of benzene rings is 1. The van der Waals surface area contributed by atoms with E-state index >= 15 is 0 Å². The van der Waals surface area contributed by atoms with Gasteiger partial charge < -0.3 is 5.73 Å². The van der Waals surface area contributed by atoms with Gasteiger partial charge in [0.1, 0.15) is 0 Å². The smallest absolute Gasteiger partial charge is 0.327 e. The summed E-state index contributed by atoms with van der Waals surface area (Å²) in [6.07, 6.45) is -4.03. The second-order valence-electron chi connectivity index (χ2n) is 4.45. The number of halogens is 3. The fraction of sp³-hybridized carbons (Fsp3) is 0.500. The van der Waals surface area contributed by atoms with Crippen LogP contribution in [0.3, 0.4) is 0 Å². The molecule has 8 heteroatoms. The Morgan fingerprint density at radius 3 is 2.45 bits per heavy atom. The molecule has 1 rings (SSSR count). The van der Waals surface area contributed by atoms with Crippen molar-refractivity contribution in [3.8, 4) is 0 Å². The third-order valence-corrected chi connectivity index (χ3v) is 4.51. The molecule has 0 aliphatic carbocycles. The Morgan fingerprint density at radius 1 is 1.35 bits per heavy atom. The summed E-state index contributed by atoms with van der Waals surface area (Å²) in [6, 6.07) is 2.69. The maximum Gasteiger partial charge on any atom is 0.416 e. The number of hydrogen-bond donors (Lipinski definition) is 2. The van der Waals surface area contributed by atoms with Crippen LogP contribution in [0.1, 0.15) is 24.5 Å². The van der Waals surface area contributed by atoms with Gasteiger partial charge in [-0.05, 0) is 31.0 Å². The monoisotopic (exact) mass is 310 g/mol.